The fourth-order valence-corrected chi connectivity index (χ4v) is 2.42. The summed E-state index contributed by atoms with van der Waals surface area (Å²) in [5, 5.41) is 14.7. The van der Waals surface area contributed by atoms with E-state index in [0.29, 0.717) is 23.0 Å². The highest BCUT2D eigenvalue weighted by atomic mass is 35.5. The van der Waals surface area contributed by atoms with Gasteiger partial charge in [-0.05, 0) is 12.1 Å². The number of nitrogens with zero attached hydrogens (tertiary/aromatic N) is 3. The van der Waals surface area contributed by atoms with Gasteiger partial charge in [-0.1, -0.05) is 16.8 Å². The molecular weight excluding hydrogens is 282 g/mol. The molecule has 1 aliphatic heterocycles. The van der Waals surface area contributed by atoms with E-state index in [9.17, 15) is 9.90 Å². The summed E-state index contributed by atoms with van der Waals surface area (Å²) in [5.41, 5.74) is -0.418. The standard InChI is InChI=1S/C13H12ClN3O3/c1-17-5-3-13(19,12(17)18)10-7-9(16-20-10)8-2-4-15-11(14)6-8/h2,4,6-7,19H,3,5H2,1H3/t13-/m1/s1. The Morgan fingerprint density at radius 2 is 2.30 bits per heavy atom. The number of aliphatic hydroxyl groups is 1. The smallest absolute Gasteiger partial charge is 0.262 e. The van der Waals surface area contributed by atoms with Crippen molar-refractivity contribution in [2.45, 2.75) is 12.0 Å². The molecule has 1 N–H and O–H groups in total. The summed E-state index contributed by atoms with van der Waals surface area (Å²) >= 11 is 5.82. The van der Waals surface area contributed by atoms with Gasteiger partial charge in [0.05, 0.1) is 0 Å². The Labute approximate surface area is 120 Å². The highest BCUT2D eigenvalue weighted by Gasteiger charge is 2.48. The summed E-state index contributed by atoms with van der Waals surface area (Å²) in [4.78, 5) is 17.3. The third-order valence-electron chi connectivity index (χ3n) is 3.45. The second-order valence-corrected chi connectivity index (χ2v) is 5.17. The molecule has 2 aromatic rings. The lowest BCUT2D eigenvalue weighted by Crippen LogP contribution is -2.35. The van der Waals surface area contributed by atoms with Crippen molar-refractivity contribution in [2.75, 3.05) is 13.6 Å². The van der Waals surface area contributed by atoms with Gasteiger partial charge in [0.1, 0.15) is 10.8 Å². The second-order valence-electron chi connectivity index (χ2n) is 4.78. The quantitative estimate of drug-likeness (QED) is 0.848. The molecule has 0 aromatic carbocycles. The fraction of sp³-hybridized carbons (Fsp3) is 0.308. The molecule has 1 fully saturated rings. The molecule has 6 nitrogen and oxygen atoms in total. The molecule has 20 heavy (non-hydrogen) atoms. The van der Waals surface area contributed by atoms with E-state index in [0.717, 1.165) is 0 Å². The van der Waals surface area contributed by atoms with Crippen molar-refractivity contribution in [3.05, 3.63) is 35.3 Å². The van der Waals surface area contributed by atoms with Crippen molar-refractivity contribution in [1.82, 2.24) is 15.0 Å². The summed E-state index contributed by atoms with van der Waals surface area (Å²) < 4.78 is 5.15. The van der Waals surface area contributed by atoms with Crippen molar-refractivity contribution in [2.24, 2.45) is 0 Å². The SMILES string of the molecule is CN1CC[C@@](O)(c2cc(-c3ccnc(Cl)c3)no2)C1=O. The molecule has 7 heteroatoms. The van der Waals surface area contributed by atoms with Gasteiger partial charge in [-0.15, -0.1) is 0 Å². The Kier molecular flexibility index (Phi) is 2.99. The molecule has 1 saturated heterocycles. The van der Waals surface area contributed by atoms with Crippen molar-refractivity contribution in [1.29, 1.82) is 0 Å². The zero-order valence-electron chi connectivity index (χ0n) is 10.7. The van der Waals surface area contributed by atoms with E-state index in [1.54, 1.807) is 31.4 Å². The number of carbonyl (C=O) groups is 1. The van der Waals surface area contributed by atoms with Gasteiger partial charge < -0.3 is 14.5 Å². The van der Waals surface area contributed by atoms with E-state index in [-0.39, 0.29) is 18.1 Å². The van der Waals surface area contributed by atoms with Crippen LogP contribution in [0, 0.1) is 0 Å². The van der Waals surface area contributed by atoms with Crippen LogP contribution in [0.15, 0.2) is 28.9 Å². The van der Waals surface area contributed by atoms with E-state index in [4.69, 9.17) is 16.1 Å². The molecule has 1 aliphatic rings. The first-order chi connectivity index (χ1) is 9.50. The largest absolute Gasteiger partial charge is 0.373 e. The zero-order chi connectivity index (χ0) is 14.3. The Balaban J connectivity index is 1.97. The Bertz CT molecular complexity index is 672. The van der Waals surface area contributed by atoms with Gasteiger partial charge >= 0.3 is 0 Å². The van der Waals surface area contributed by atoms with E-state index < -0.39 is 5.60 Å². The average molecular weight is 294 g/mol. The summed E-state index contributed by atoms with van der Waals surface area (Å²) in [6.07, 6.45) is 1.84. The van der Waals surface area contributed by atoms with Crippen LogP contribution in [0.3, 0.4) is 0 Å². The van der Waals surface area contributed by atoms with Gasteiger partial charge in [0.25, 0.3) is 5.91 Å². The lowest BCUT2D eigenvalue weighted by atomic mass is 9.98. The number of aromatic nitrogens is 2. The van der Waals surface area contributed by atoms with Gasteiger partial charge in [-0.25, -0.2) is 4.98 Å². The summed E-state index contributed by atoms with van der Waals surface area (Å²) in [7, 11) is 1.64. The molecule has 0 unspecified atom stereocenters. The van der Waals surface area contributed by atoms with Crippen LogP contribution in [0.2, 0.25) is 5.15 Å². The Hall–Kier alpha value is -1.92. The predicted molar refractivity (Wildman–Crippen MR) is 70.9 cm³/mol. The van der Waals surface area contributed by atoms with Gasteiger partial charge in [-0.3, -0.25) is 4.79 Å². The minimum Gasteiger partial charge on any atom is -0.373 e. The van der Waals surface area contributed by atoms with Crippen LogP contribution < -0.4 is 0 Å². The van der Waals surface area contributed by atoms with Crippen molar-refractivity contribution in [3.8, 4) is 11.3 Å². The van der Waals surface area contributed by atoms with Crippen molar-refractivity contribution < 1.29 is 14.4 Å². The minimum absolute atomic E-state index is 0.148. The maximum absolute atomic E-state index is 12.0. The van der Waals surface area contributed by atoms with Gasteiger partial charge in [0.2, 0.25) is 5.60 Å². The van der Waals surface area contributed by atoms with Crippen LogP contribution in [0.25, 0.3) is 11.3 Å². The van der Waals surface area contributed by atoms with Crippen LogP contribution >= 0.6 is 11.6 Å². The molecule has 0 spiro atoms. The molecule has 2 aromatic heterocycles. The van der Waals surface area contributed by atoms with Crippen LogP contribution in [0.1, 0.15) is 12.2 Å². The average Bonchev–Trinajstić information content (AvgIpc) is 3.02. The number of rotatable bonds is 2. The second kappa shape index (κ2) is 4.57. The molecule has 0 aliphatic carbocycles. The van der Waals surface area contributed by atoms with Crippen molar-refractivity contribution in [3.63, 3.8) is 0 Å². The number of carbonyl (C=O) groups excluding carboxylic acids is 1. The lowest BCUT2D eigenvalue weighted by Gasteiger charge is -2.16. The van der Waals surface area contributed by atoms with Gasteiger partial charge in [0.15, 0.2) is 5.76 Å². The van der Waals surface area contributed by atoms with Gasteiger partial charge in [0, 0.05) is 37.8 Å². The van der Waals surface area contributed by atoms with Crippen LogP contribution in [0.4, 0.5) is 0 Å². The third kappa shape index (κ3) is 1.97. The number of amides is 1. The zero-order valence-corrected chi connectivity index (χ0v) is 11.5. The van der Waals surface area contributed by atoms with E-state index in [1.165, 1.54) is 4.90 Å². The molecule has 0 bridgehead atoms. The van der Waals surface area contributed by atoms with E-state index >= 15 is 0 Å². The first-order valence-electron chi connectivity index (χ1n) is 6.08. The number of pyridine rings is 1. The first kappa shape index (κ1) is 13.1. The highest BCUT2D eigenvalue weighted by Crippen LogP contribution is 2.34. The maximum atomic E-state index is 12.0. The summed E-state index contributed by atoms with van der Waals surface area (Å²) in [6, 6.07) is 4.92. The topological polar surface area (TPSA) is 79.5 Å². The number of hydrogen-bond acceptors (Lipinski definition) is 5. The fourth-order valence-electron chi connectivity index (χ4n) is 2.25. The number of likely N-dealkylation sites (tertiary alicyclic amines) is 1. The van der Waals surface area contributed by atoms with Crippen LogP contribution in [0.5, 0.6) is 0 Å². The molecule has 3 heterocycles. The molecule has 1 amide bonds. The Morgan fingerprint density at radius 3 is 2.95 bits per heavy atom. The molecule has 0 saturated carbocycles. The molecule has 0 radical (unpaired) electrons. The van der Waals surface area contributed by atoms with Crippen LogP contribution in [-0.4, -0.2) is 39.6 Å². The molecule has 104 valence electrons. The maximum Gasteiger partial charge on any atom is 0.262 e. The summed E-state index contributed by atoms with van der Waals surface area (Å²) in [5.74, 6) is -0.234. The molecular formula is C13H12ClN3O3. The predicted octanol–water partition coefficient (Wildman–Crippen LogP) is 1.44. The normalized spacial score (nSPS) is 22.6. The van der Waals surface area contributed by atoms with Crippen molar-refractivity contribution >= 4 is 17.5 Å². The Morgan fingerprint density at radius 1 is 1.50 bits per heavy atom. The number of halogens is 1. The first-order valence-corrected chi connectivity index (χ1v) is 6.45. The lowest BCUT2D eigenvalue weighted by molar-refractivity contribution is -0.144. The third-order valence-corrected chi connectivity index (χ3v) is 3.66. The van der Waals surface area contributed by atoms with Crippen LogP contribution in [-0.2, 0) is 10.4 Å². The highest BCUT2D eigenvalue weighted by molar-refractivity contribution is 6.29. The minimum atomic E-state index is -1.63. The molecule has 3 rings (SSSR count). The van der Waals surface area contributed by atoms with E-state index in [1.807, 2.05) is 0 Å². The molecule has 1 atom stereocenters. The summed E-state index contributed by atoms with van der Waals surface area (Å²) in [6.45, 7) is 0.479. The van der Waals surface area contributed by atoms with Gasteiger partial charge in [-0.2, -0.15) is 0 Å². The number of likely N-dealkylation sites (N-methyl/N-ethyl adjacent to an activating group) is 1. The van der Waals surface area contributed by atoms with E-state index in [2.05, 4.69) is 10.1 Å². The monoisotopic (exact) mass is 293 g/mol. The number of hydrogen-bond donors (Lipinski definition) is 1.